The first kappa shape index (κ1) is 36.1. The van der Waals surface area contributed by atoms with E-state index in [-0.39, 0.29) is 11.3 Å². The lowest BCUT2D eigenvalue weighted by atomic mass is 9.63. The van der Waals surface area contributed by atoms with Crippen LogP contribution in [-0.4, -0.2) is 0 Å². The summed E-state index contributed by atoms with van der Waals surface area (Å²) in [5, 5.41) is 0. The fourth-order valence-corrected chi connectivity index (χ4v) is 9.65. The molecule has 2 heteroatoms. The fourth-order valence-electron chi connectivity index (χ4n) is 9.65. The number of anilines is 5. The van der Waals surface area contributed by atoms with E-state index in [1.54, 1.807) is 0 Å². The molecule has 0 amide bonds. The van der Waals surface area contributed by atoms with Gasteiger partial charge >= 0.3 is 0 Å². The van der Waals surface area contributed by atoms with Crippen molar-refractivity contribution < 1.29 is 0 Å². The van der Waals surface area contributed by atoms with Crippen LogP contribution in [0.3, 0.4) is 0 Å². The van der Waals surface area contributed by atoms with Gasteiger partial charge in [0.2, 0.25) is 0 Å². The van der Waals surface area contributed by atoms with Crippen molar-refractivity contribution in [3.8, 4) is 11.1 Å². The van der Waals surface area contributed by atoms with E-state index in [0.717, 1.165) is 48.2 Å². The molecule has 9 rings (SSSR count). The Labute approximate surface area is 334 Å². The van der Waals surface area contributed by atoms with Crippen molar-refractivity contribution in [3.05, 3.63) is 197 Å². The van der Waals surface area contributed by atoms with Gasteiger partial charge in [0, 0.05) is 51.4 Å². The number of aryl methyl sites for hydroxylation is 3. The van der Waals surface area contributed by atoms with E-state index in [2.05, 4.69) is 208 Å². The molecule has 0 bridgehead atoms. The van der Waals surface area contributed by atoms with E-state index in [4.69, 9.17) is 0 Å². The zero-order valence-electron chi connectivity index (χ0n) is 33.6. The molecule has 0 radical (unpaired) electrons. The van der Waals surface area contributed by atoms with Crippen LogP contribution in [0.5, 0.6) is 0 Å². The maximum absolute atomic E-state index is 2.59. The molecule has 5 atom stereocenters. The van der Waals surface area contributed by atoms with Crippen molar-refractivity contribution in [2.75, 3.05) is 9.80 Å². The second-order valence-electron chi connectivity index (χ2n) is 17.1. The summed E-state index contributed by atoms with van der Waals surface area (Å²) in [5.41, 5.74) is 16.5. The van der Waals surface area contributed by atoms with Crippen molar-refractivity contribution in [3.63, 3.8) is 0 Å². The van der Waals surface area contributed by atoms with Crippen molar-refractivity contribution in [1.82, 2.24) is 0 Å². The van der Waals surface area contributed by atoms with Crippen LogP contribution in [0.4, 0.5) is 28.4 Å². The third-order valence-electron chi connectivity index (χ3n) is 13.1. The Hall–Kier alpha value is -5.60. The molecule has 0 aliphatic heterocycles. The largest absolute Gasteiger partial charge is 0.314 e. The molecule has 0 saturated heterocycles. The van der Waals surface area contributed by atoms with Gasteiger partial charge in [-0.25, -0.2) is 0 Å². The predicted octanol–water partition coefficient (Wildman–Crippen LogP) is 14.8. The van der Waals surface area contributed by atoms with Crippen LogP contribution in [0.2, 0.25) is 0 Å². The minimum Gasteiger partial charge on any atom is -0.314 e. The third-order valence-corrected chi connectivity index (χ3v) is 13.1. The highest BCUT2D eigenvalue weighted by Gasteiger charge is 2.47. The first-order valence-electron chi connectivity index (χ1n) is 20.7. The molecule has 6 aromatic rings. The van der Waals surface area contributed by atoms with Crippen LogP contribution in [0.15, 0.2) is 170 Å². The number of fused-ring (bicyclic) bond motifs is 1. The number of allylic oxidation sites excluding steroid dienone is 4. The Morgan fingerprint density at radius 2 is 1.18 bits per heavy atom. The molecule has 56 heavy (non-hydrogen) atoms. The summed E-state index contributed by atoms with van der Waals surface area (Å²) < 4.78 is 0. The summed E-state index contributed by atoms with van der Waals surface area (Å²) in [4.78, 5) is 4.97. The standard InChI is InChI=1S/C54H54N2/c1-37-19-26-43(27-20-37)55(44-28-21-38(2)22-29-44)46-14-10-12-41(34-46)48-16-6-7-17-49(48)52-18-8-9-33-54(52,5)42-13-11-15-47(35-42)56(45-30-23-39(3)24-31-45)53-32-25-40(4)50-36-51(50)53/h6-8,10-24,26-32,34-35,40,50-52H,9,25,33,36H2,1-5H3. The SMILES string of the molecule is Cc1ccc(N(C2=CCC(C)C3CC23)c2cccc(C3(C)CCC=CC3c3ccccc3-c3cccc(N(c4ccc(C)cc4)c4ccc(C)cc4)c3)c2)cc1. The summed E-state index contributed by atoms with van der Waals surface area (Å²) in [6.07, 6.45) is 12.1. The quantitative estimate of drug-likeness (QED) is 0.137. The highest BCUT2D eigenvalue weighted by Crippen LogP contribution is 2.56. The van der Waals surface area contributed by atoms with E-state index >= 15 is 0 Å². The molecule has 0 heterocycles. The number of hydrogen-bond donors (Lipinski definition) is 0. The number of hydrogen-bond acceptors (Lipinski definition) is 2. The molecule has 1 saturated carbocycles. The van der Waals surface area contributed by atoms with Crippen LogP contribution in [0.1, 0.15) is 73.3 Å². The van der Waals surface area contributed by atoms with Crippen LogP contribution in [-0.2, 0) is 5.41 Å². The third kappa shape index (κ3) is 6.81. The van der Waals surface area contributed by atoms with Gasteiger partial charge in [0.25, 0.3) is 0 Å². The van der Waals surface area contributed by atoms with E-state index in [1.165, 1.54) is 62.4 Å². The van der Waals surface area contributed by atoms with Gasteiger partial charge in [0.15, 0.2) is 0 Å². The van der Waals surface area contributed by atoms with Gasteiger partial charge in [-0.15, -0.1) is 0 Å². The Bertz CT molecular complexity index is 2350. The van der Waals surface area contributed by atoms with Gasteiger partial charge < -0.3 is 9.80 Å². The molecular weight excluding hydrogens is 677 g/mol. The summed E-state index contributed by atoms with van der Waals surface area (Å²) >= 11 is 0. The molecule has 0 aromatic heterocycles. The monoisotopic (exact) mass is 730 g/mol. The van der Waals surface area contributed by atoms with Crippen LogP contribution in [0.25, 0.3) is 11.1 Å². The van der Waals surface area contributed by atoms with Gasteiger partial charge in [0.05, 0.1) is 0 Å². The van der Waals surface area contributed by atoms with E-state index < -0.39 is 0 Å². The molecular formula is C54H54N2. The Kier molecular flexibility index (Phi) is 9.54. The zero-order valence-corrected chi connectivity index (χ0v) is 33.6. The highest BCUT2D eigenvalue weighted by molar-refractivity contribution is 5.81. The molecule has 0 spiro atoms. The lowest BCUT2D eigenvalue weighted by Gasteiger charge is -2.41. The minimum absolute atomic E-state index is 0.0924. The van der Waals surface area contributed by atoms with Gasteiger partial charge in [-0.05, 0) is 141 Å². The Morgan fingerprint density at radius 1 is 0.589 bits per heavy atom. The second-order valence-corrected chi connectivity index (χ2v) is 17.1. The molecule has 5 unspecified atom stereocenters. The van der Waals surface area contributed by atoms with Gasteiger partial charge in [-0.2, -0.15) is 0 Å². The zero-order chi connectivity index (χ0) is 38.4. The maximum Gasteiger partial charge on any atom is 0.0467 e. The van der Waals surface area contributed by atoms with Gasteiger partial charge in [-0.1, -0.05) is 134 Å². The molecule has 1 fully saturated rings. The number of benzene rings is 6. The van der Waals surface area contributed by atoms with Gasteiger partial charge in [0.1, 0.15) is 0 Å². The predicted molar refractivity (Wildman–Crippen MR) is 238 cm³/mol. The molecule has 2 nitrogen and oxygen atoms in total. The molecule has 3 aliphatic rings. The van der Waals surface area contributed by atoms with Crippen LogP contribution in [0, 0.1) is 38.5 Å². The lowest BCUT2D eigenvalue weighted by Crippen LogP contribution is -2.32. The van der Waals surface area contributed by atoms with Crippen molar-refractivity contribution >= 4 is 28.4 Å². The molecule has 0 N–H and O–H groups in total. The number of rotatable bonds is 9. The minimum atomic E-state index is -0.0924. The van der Waals surface area contributed by atoms with E-state index in [0.29, 0.717) is 5.92 Å². The fraction of sp³-hybridized carbons (Fsp3) is 0.259. The average Bonchev–Trinajstić information content (AvgIpc) is 4.04. The van der Waals surface area contributed by atoms with Crippen LogP contribution >= 0.6 is 0 Å². The van der Waals surface area contributed by atoms with Crippen molar-refractivity contribution in [1.29, 1.82) is 0 Å². The average molecular weight is 731 g/mol. The highest BCUT2D eigenvalue weighted by atomic mass is 15.2. The van der Waals surface area contributed by atoms with E-state index in [1.807, 2.05) is 0 Å². The molecule has 3 aliphatic carbocycles. The summed E-state index contributed by atoms with van der Waals surface area (Å²) in [6.45, 7) is 11.4. The summed E-state index contributed by atoms with van der Waals surface area (Å²) in [6, 6.07) is 54.7. The topological polar surface area (TPSA) is 6.48 Å². The Balaban J connectivity index is 1.11. The number of nitrogens with zero attached hydrogens (tertiary/aromatic N) is 2. The Morgan fingerprint density at radius 3 is 1.84 bits per heavy atom. The lowest BCUT2D eigenvalue weighted by molar-refractivity contribution is 0.380. The smallest absolute Gasteiger partial charge is 0.0467 e. The van der Waals surface area contributed by atoms with Crippen molar-refractivity contribution in [2.24, 2.45) is 17.8 Å². The maximum atomic E-state index is 2.59. The van der Waals surface area contributed by atoms with Gasteiger partial charge in [-0.3, -0.25) is 0 Å². The molecule has 6 aromatic carbocycles. The summed E-state index contributed by atoms with van der Waals surface area (Å²) in [7, 11) is 0. The van der Waals surface area contributed by atoms with E-state index in [9.17, 15) is 0 Å². The first-order valence-corrected chi connectivity index (χ1v) is 20.7. The first-order chi connectivity index (χ1) is 27.3. The molecule has 280 valence electrons. The second kappa shape index (κ2) is 14.8. The van der Waals surface area contributed by atoms with Crippen LogP contribution < -0.4 is 9.80 Å². The normalized spacial score (nSPS) is 22.6. The van der Waals surface area contributed by atoms with Crippen molar-refractivity contribution in [2.45, 2.75) is 71.6 Å². The summed E-state index contributed by atoms with van der Waals surface area (Å²) in [5.74, 6) is 2.46.